The fraction of sp³-hybridized carbons (Fsp3) is 0.227. The van der Waals surface area contributed by atoms with E-state index in [0.717, 1.165) is 11.1 Å². The van der Waals surface area contributed by atoms with Gasteiger partial charge in [-0.1, -0.05) is 18.2 Å². The molecule has 0 radical (unpaired) electrons. The lowest BCUT2D eigenvalue weighted by Gasteiger charge is -2.29. The number of benzene rings is 2. The van der Waals surface area contributed by atoms with Gasteiger partial charge in [0.1, 0.15) is 0 Å². The Balaban J connectivity index is 1.81. The highest BCUT2D eigenvalue weighted by Gasteiger charge is 2.39. The molecule has 7 nitrogen and oxygen atoms in total. The van der Waals surface area contributed by atoms with Crippen LogP contribution in [0.2, 0.25) is 0 Å². The summed E-state index contributed by atoms with van der Waals surface area (Å²) in [5.74, 6) is -3.23. The van der Waals surface area contributed by atoms with E-state index in [1.165, 1.54) is 20.0 Å². The first kappa shape index (κ1) is 20.1. The van der Waals surface area contributed by atoms with Crippen molar-refractivity contribution in [2.45, 2.75) is 33.5 Å². The van der Waals surface area contributed by atoms with Gasteiger partial charge in [-0.3, -0.25) is 4.79 Å². The van der Waals surface area contributed by atoms with Gasteiger partial charge in [-0.05, 0) is 49.2 Å². The van der Waals surface area contributed by atoms with E-state index in [1.807, 2.05) is 32.0 Å². The van der Waals surface area contributed by atoms with Crippen LogP contribution >= 0.6 is 0 Å². The number of amides is 1. The van der Waals surface area contributed by atoms with Crippen LogP contribution in [0.25, 0.3) is 0 Å². The Labute approximate surface area is 168 Å². The van der Waals surface area contributed by atoms with Gasteiger partial charge in [-0.25, -0.2) is 9.59 Å². The topological polar surface area (TPSA) is 93.7 Å². The van der Waals surface area contributed by atoms with Gasteiger partial charge in [0.25, 0.3) is 11.7 Å². The number of para-hydroxylation sites is 1. The molecule has 1 heterocycles. The van der Waals surface area contributed by atoms with Crippen molar-refractivity contribution >= 4 is 29.2 Å². The summed E-state index contributed by atoms with van der Waals surface area (Å²) in [6, 6.07) is 12.5. The summed E-state index contributed by atoms with van der Waals surface area (Å²) in [7, 11) is 0. The Kier molecular flexibility index (Phi) is 5.41. The number of ether oxygens (including phenoxy) is 2. The highest BCUT2D eigenvalue weighted by Crippen LogP contribution is 2.24. The molecule has 7 heteroatoms. The third kappa shape index (κ3) is 4.82. The molecule has 2 aromatic carbocycles. The number of hydrogen-bond acceptors (Lipinski definition) is 6. The molecule has 0 unspecified atom stereocenters. The first-order valence-electron chi connectivity index (χ1n) is 9.07. The largest absolute Gasteiger partial charge is 0.419 e. The van der Waals surface area contributed by atoms with Gasteiger partial charge in [-0.2, -0.15) is 0 Å². The average Bonchev–Trinajstić information content (AvgIpc) is 2.59. The van der Waals surface area contributed by atoms with Crippen LogP contribution in [-0.2, 0) is 19.1 Å². The van der Waals surface area contributed by atoms with Gasteiger partial charge in [0.05, 0.1) is 11.3 Å². The second kappa shape index (κ2) is 7.79. The number of cyclic esters (lactones) is 2. The molecule has 1 aliphatic heterocycles. The number of carbonyl (C=O) groups is 3. The number of rotatable bonds is 4. The van der Waals surface area contributed by atoms with E-state index >= 15 is 0 Å². The minimum atomic E-state index is -1.31. The second-order valence-electron chi connectivity index (χ2n) is 7.26. The van der Waals surface area contributed by atoms with Crippen molar-refractivity contribution in [2.75, 3.05) is 10.6 Å². The average molecular weight is 394 g/mol. The Morgan fingerprint density at radius 1 is 0.966 bits per heavy atom. The smallest absolute Gasteiger partial charge is 0.350 e. The number of carbonyl (C=O) groups excluding carboxylic acids is 3. The van der Waals surface area contributed by atoms with E-state index in [1.54, 1.807) is 24.3 Å². The maximum atomic E-state index is 12.8. The molecule has 2 aromatic rings. The third-order valence-corrected chi connectivity index (χ3v) is 4.14. The molecule has 1 amide bonds. The van der Waals surface area contributed by atoms with Gasteiger partial charge in [-0.15, -0.1) is 0 Å². The highest BCUT2D eigenvalue weighted by atomic mass is 16.7. The fourth-order valence-electron chi connectivity index (χ4n) is 2.98. The molecule has 0 saturated carbocycles. The molecular formula is C22H22N2O5. The molecular weight excluding hydrogens is 372 g/mol. The Morgan fingerprint density at radius 2 is 1.55 bits per heavy atom. The SMILES string of the molecule is Cc1cc(C)cc(NC(=O)c2ccccc2NC=C2C(=O)OC(C)(C)OC2=O)c1. The molecule has 0 spiro atoms. The van der Waals surface area contributed by atoms with E-state index in [9.17, 15) is 14.4 Å². The minimum absolute atomic E-state index is 0.283. The lowest BCUT2D eigenvalue weighted by atomic mass is 10.1. The lowest BCUT2D eigenvalue weighted by molar-refractivity contribution is -0.222. The molecule has 0 aliphatic carbocycles. The van der Waals surface area contributed by atoms with E-state index < -0.39 is 17.7 Å². The Hall–Kier alpha value is -3.61. The summed E-state index contributed by atoms with van der Waals surface area (Å²) in [5, 5.41) is 5.70. The monoisotopic (exact) mass is 394 g/mol. The van der Waals surface area contributed by atoms with Crippen LogP contribution in [0.15, 0.2) is 54.2 Å². The zero-order chi connectivity index (χ0) is 21.2. The zero-order valence-electron chi connectivity index (χ0n) is 16.7. The van der Waals surface area contributed by atoms with E-state index in [2.05, 4.69) is 10.6 Å². The maximum Gasteiger partial charge on any atom is 0.350 e. The predicted octanol–water partition coefficient (Wildman–Crippen LogP) is 3.69. The van der Waals surface area contributed by atoms with E-state index in [0.29, 0.717) is 16.9 Å². The molecule has 150 valence electrons. The van der Waals surface area contributed by atoms with Crippen LogP contribution in [0.3, 0.4) is 0 Å². The van der Waals surface area contributed by atoms with Crippen molar-refractivity contribution in [3.8, 4) is 0 Å². The molecule has 0 aromatic heterocycles. The van der Waals surface area contributed by atoms with Crippen LogP contribution in [-0.4, -0.2) is 23.6 Å². The van der Waals surface area contributed by atoms with E-state index in [4.69, 9.17) is 9.47 Å². The summed E-state index contributed by atoms with van der Waals surface area (Å²) >= 11 is 0. The van der Waals surface area contributed by atoms with Crippen molar-refractivity contribution < 1.29 is 23.9 Å². The van der Waals surface area contributed by atoms with Gasteiger partial charge in [0.15, 0.2) is 5.57 Å². The van der Waals surface area contributed by atoms with Crippen molar-refractivity contribution in [3.05, 3.63) is 70.9 Å². The molecule has 1 saturated heterocycles. The number of aryl methyl sites for hydroxylation is 2. The first-order chi connectivity index (χ1) is 13.6. The summed E-state index contributed by atoms with van der Waals surface area (Å²) < 4.78 is 10.1. The van der Waals surface area contributed by atoms with Crippen molar-refractivity contribution in [3.63, 3.8) is 0 Å². The maximum absolute atomic E-state index is 12.8. The van der Waals surface area contributed by atoms with Gasteiger partial charge >= 0.3 is 11.9 Å². The van der Waals surface area contributed by atoms with Crippen molar-refractivity contribution in [2.24, 2.45) is 0 Å². The van der Waals surface area contributed by atoms with Crippen LogP contribution in [0.1, 0.15) is 35.3 Å². The molecule has 2 N–H and O–H groups in total. The number of hydrogen-bond donors (Lipinski definition) is 2. The van der Waals surface area contributed by atoms with Crippen molar-refractivity contribution in [1.82, 2.24) is 0 Å². The molecule has 3 rings (SSSR count). The second-order valence-corrected chi connectivity index (χ2v) is 7.26. The van der Waals surface area contributed by atoms with E-state index in [-0.39, 0.29) is 11.5 Å². The summed E-state index contributed by atoms with van der Waals surface area (Å²) in [6.07, 6.45) is 1.18. The molecule has 1 aliphatic rings. The summed E-state index contributed by atoms with van der Waals surface area (Å²) in [5.41, 5.74) is 3.24. The molecule has 29 heavy (non-hydrogen) atoms. The van der Waals surface area contributed by atoms with Crippen LogP contribution < -0.4 is 10.6 Å². The molecule has 1 fully saturated rings. The third-order valence-electron chi connectivity index (χ3n) is 4.14. The zero-order valence-corrected chi connectivity index (χ0v) is 16.7. The van der Waals surface area contributed by atoms with Crippen LogP contribution in [0.5, 0.6) is 0 Å². The highest BCUT2D eigenvalue weighted by molar-refractivity contribution is 6.15. The lowest BCUT2D eigenvalue weighted by Crippen LogP contribution is -2.42. The van der Waals surface area contributed by atoms with Crippen LogP contribution in [0.4, 0.5) is 11.4 Å². The predicted molar refractivity (Wildman–Crippen MR) is 108 cm³/mol. The van der Waals surface area contributed by atoms with Gasteiger partial charge < -0.3 is 20.1 Å². The van der Waals surface area contributed by atoms with Crippen LogP contribution in [0, 0.1) is 13.8 Å². The summed E-state index contributed by atoms with van der Waals surface area (Å²) in [6.45, 7) is 6.85. The standard InChI is InChI=1S/C22H22N2O5/c1-13-9-14(2)11-15(10-13)24-19(25)16-7-5-6-8-18(16)23-12-17-20(26)28-22(3,4)29-21(17)27/h5-12,23H,1-4H3,(H,24,25). The number of nitrogens with one attached hydrogen (secondary N) is 2. The van der Waals surface area contributed by atoms with Crippen molar-refractivity contribution in [1.29, 1.82) is 0 Å². The normalized spacial score (nSPS) is 15.2. The Morgan fingerprint density at radius 3 is 2.17 bits per heavy atom. The minimum Gasteiger partial charge on any atom is -0.419 e. The fourth-order valence-corrected chi connectivity index (χ4v) is 2.98. The van der Waals surface area contributed by atoms with Gasteiger partial charge in [0, 0.05) is 25.7 Å². The summed E-state index contributed by atoms with van der Waals surface area (Å²) in [4.78, 5) is 36.9. The molecule has 0 atom stereocenters. The Bertz CT molecular complexity index is 981. The first-order valence-corrected chi connectivity index (χ1v) is 9.07. The molecule has 0 bridgehead atoms. The van der Waals surface area contributed by atoms with Gasteiger partial charge in [0.2, 0.25) is 0 Å². The number of anilines is 2. The number of esters is 2. The quantitative estimate of drug-likeness (QED) is 0.467.